The number of carbonyl (C=O) groups excluding carboxylic acids is 1. The van der Waals surface area contributed by atoms with E-state index in [0.29, 0.717) is 23.9 Å². The molecular weight excluding hydrogens is 392 g/mol. The van der Waals surface area contributed by atoms with E-state index in [0.717, 1.165) is 30.6 Å². The molecule has 1 unspecified atom stereocenters. The van der Waals surface area contributed by atoms with Crippen LogP contribution in [0.2, 0.25) is 5.02 Å². The lowest BCUT2D eigenvalue weighted by molar-refractivity contribution is -0.136. The topological polar surface area (TPSA) is 81.2 Å². The molecule has 0 spiro atoms. The summed E-state index contributed by atoms with van der Waals surface area (Å²) >= 11 is 6.05. The molecule has 1 amide bonds. The Hall–Kier alpha value is -2.93. The number of nitrogens with zero attached hydrogens (tertiary/aromatic N) is 4. The van der Waals surface area contributed by atoms with E-state index in [-0.39, 0.29) is 18.5 Å². The average Bonchev–Trinajstić information content (AvgIpc) is 3.18. The minimum atomic E-state index is -0.436. The van der Waals surface area contributed by atoms with Crippen molar-refractivity contribution in [2.24, 2.45) is 0 Å². The van der Waals surface area contributed by atoms with Crippen molar-refractivity contribution in [3.63, 3.8) is 0 Å². The fourth-order valence-electron chi connectivity index (χ4n) is 3.64. The lowest BCUT2D eigenvalue weighted by atomic mass is 10.0. The maximum Gasteiger partial charge on any atom is 0.347 e. The van der Waals surface area contributed by atoms with Crippen molar-refractivity contribution in [1.82, 2.24) is 19.4 Å². The normalized spacial score (nSPS) is 16.7. The molecule has 1 fully saturated rings. The zero-order valence-electron chi connectivity index (χ0n) is 15.8. The maximum absolute atomic E-state index is 12.9. The van der Waals surface area contributed by atoms with E-state index in [1.54, 1.807) is 23.4 Å². The third kappa shape index (κ3) is 4.56. The molecule has 0 N–H and O–H groups in total. The Morgan fingerprint density at radius 1 is 1.24 bits per heavy atom. The smallest absolute Gasteiger partial charge is 0.347 e. The standard InChI is InChI=1S/C21H21ClN4O3/c22-16-6-3-5-15(11-16)12-17-13-24-20(29-17)18-7-1-2-10-26(18)19(27)14-25-9-4-8-23-21(25)28/h3-6,8-9,11,13,18H,1-2,7,10,12,14H2. The van der Waals surface area contributed by atoms with E-state index >= 15 is 0 Å². The third-order valence-corrected chi connectivity index (χ3v) is 5.27. The van der Waals surface area contributed by atoms with Gasteiger partial charge in [0.05, 0.1) is 6.20 Å². The molecule has 1 atom stereocenters. The molecule has 0 saturated carbocycles. The number of aromatic nitrogens is 3. The molecule has 150 valence electrons. The van der Waals surface area contributed by atoms with Crippen LogP contribution >= 0.6 is 11.6 Å². The highest BCUT2D eigenvalue weighted by Gasteiger charge is 2.31. The van der Waals surface area contributed by atoms with Gasteiger partial charge >= 0.3 is 5.69 Å². The molecule has 0 bridgehead atoms. The zero-order valence-corrected chi connectivity index (χ0v) is 16.6. The summed E-state index contributed by atoms with van der Waals surface area (Å²) in [6, 6.07) is 9.02. The highest BCUT2D eigenvalue weighted by Crippen LogP contribution is 2.31. The van der Waals surface area contributed by atoms with Crippen LogP contribution in [-0.4, -0.2) is 31.9 Å². The van der Waals surface area contributed by atoms with Gasteiger partial charge in [-0.05, 0) is 43.0 Å². The summed E-state index contributed by atoms with van der Waals surface area (Å²) in [5.74, 6) is 1.12. The van der Waals surface area contributed by atoms with Crippen molar-refractivity contribution < 1.29 is 9.21 Å². The molecule has 8 heteroatoms. The van der Waals surface area contributed by atoms with Gasteiger partial charge in [0.15, 0.2) is 0 Å². The summed E-state index contributed by atoms with van der Waals surface area (Å²) < 4.78 is 7.31. The molecule has 4 rings (SSSR count). The predicted molar refractivity (Wildman–Crippen MR) is 108 cm³/mol. The van der Waals surface area contributed by atoms with Gasteiger partial charge in [0.2, 0.25) is 11.8 Å². The van der Waals surface area contributed by atoms with Crippen LogP contribution in [0.25, 0.3) is 0 Å². The molecule has 3 heterocycles. The second-order valence-electron chi connectivity index (χ2n) is 7.10. The minimum absolute atomic E-state index is 0.0424. The van der Waals surface area contributed by atoms with Gasteiger partial charge in [-0.3, -0.25) is 9.36 Å². The number of likely N-dealkylation sites (tertiary alicyclic amines) is 1. The molecule has 1 aromatic carbocycles. The van der Waals surface area contributed by atoms with Crippen LogP contribution in [0.3, 0.4) is 0 Å². The predicted octanol–water partition coefficient (Wildman–Crippen LogP) is 3.23. The Morgan fingerprint density at radius 2 is 2.14 bits per heavy atom. The van der Waals surface area contributed by atoms with Gasteiger partial charge in [-0.25, -0.2) is 14.8 Å². The molecule has 3 aromatic rings. The minimum Gasteiger partial charge on any atom is -0.443 e. The summed E-state index contributed by atoms with van der Waals surface area (Å²) in [7, 11) is 0. The number of hydrogen-bond acceptors (Lipinski definition) is 5. The van der Waals surface area contributed by atoms with Gasteiger partial charge in [-0.2, -0.15) is 0 Å². The van der Waals surface area contributed by atoms with Gasteiger partial charge in [0.1, 0.15) is 18.3 Å². The van der Waals surface area contributed by atoms with Gasteiger partial charge in [-0.1, -0.05) is 23.7 Å². The van der Waals surface area contributed by atoms with Gasteiger partial charge in [-0.15, -0.1) is 0 Å². The Kier molecular flexibility index (Phi) is 5.76. The molecule has 0 radical (unpaired) electrons. The van der Waals surface area contributed by atoms with Gasteiger partial charge < -0.3 is 9.32 Å². The van der Waals surface area contributed by atoms with Crippen molar-refractivity contribution in [1.29, 1.82) is 0 Å². The Morgan fingerprint density at radius 3 is 2.97 bits per heavy atom. The first-order valence-electron chi connectivity index (χ1n) is 9.60. The molecule has 7 nitrogen and oxygen atoms in total. The number of piperidine rings is 1. The number of rotatable bonds is 5. The molecule has 1 aliphatic rings. The lowest BCUT2D eigenvalue weighted by Crippen LogP contribution is -2.42. The number of amides is 1. The van der Waals surface area contributed by atoms with E-state index in [4.69, 9.17) is 16.0 Å². The fraction of sp³-hybridized carbons (Fsp3) is 0.333. The Labute approximate surface area is 173 Å². The van der Waals surface area contributed by atoms with E-state index in [1.807, 2.05) is 24.3 Å². The quantitative estimate of drug-likeness (QED) is 0.642. The first-order chi connectivity index (χ1) is 14.1. The molecular formula is C21H21ClN4O3. The monoisotopic (exact) mass is 412 g/mol. The van der Waals surface area contributed by atoms with Crippen LogP contribution < -0.4 is 5.69 Å². The number of hydrogen-bond donors (Lipinski definition) is 0. The van der Waals surface area contributed by atoms with E-state index < -0.39 is 5.69 Å². The number of oxazole rings is 1. The van der Waals surface area contributed by atoms with E-state index in [2.05, 4.69) is 9.97 Å². The zero-order chi connectivity index (χ0) is 20.2. The van der Waals surface area contributed by atoms with Gasteiger partial charge in [0.25, 0.3) is 0 Å². The van der Waals surface area contributed by atoms with E-state index in [1.165, 1.54) is 10.8 Å². The lowest BCUT2D eigenvalue weighted by Gasteiger charge is -2.33. The highest BCUT2D eigenvalue weighted by atomic mass is 35.5. The first kappa shape index (κ1) is 19.4. The summed E-state index contributed by atoms with van der Waals surface area (Å²) in [5.41, 5.74) is 0.599. The van der Waals surface area contributed by atoms with Crippen LogP contribution in [0.4, 0.5) is 0 Å². The maximum atomic E-state index is 12.9. The highest BCUT2D eigenvalue weighted by molar-refractivity contribution is 6.30. The molecule has 29 heavy (non-hydrogen) atoms. The summed E-state index contributed by atoms with van der Waals surface area (Å²) in [6.07, 6.45) is 7.97. The van der Waals surface area contributed by atoms with E-state index in [9.17, 15) is 9.59 Å². The molecule has 0 aliphatic carbocycles. The van der Waals surface area contributed by atoms with Crippen LogP contribution in [0.5, 0.6) is 0 Å². The third-order valence-electron chi connectivity index (χ3n) is 5.04. The van der Waals surface area contributed by atoms with Crippen LogP contribution in [0, 0.1) is 0 Å². The largest absolute Gasteiger partial charge is 0.443 e. The van der Waals surface area contributed by atoms with Crippen LogP contribution in [0.15, 0.2) is 58.1 Å². The summed E-state index contributed by atoms with van der Waals surface area (Å²) in [5, 5.41) is 0.678. The van der Waals surface area contributed by atoms with Crippen molar-refractivity contribution in [3.8, 4) is 0 Å². The summed E-state index contributed by atoms with van der Waals surface area (Å²) in [4.78, 5) is 34.6. The SMILES string of the molecule is O=C(Cn1cccnc1=O)N1CCCCC1c1ncc(Cc2cccc(Cl)c2)o1. The molecule has 2 aromatic heterocycles. The van der Waals surface area contributed by atoms with Crippen LogP contribution in [-0.2, 0) is 17.8 Å². The Bertz CT molecular complexity index is 1060. The first-order valence-corrected chi connectivity index (χ1v) is 9.98. The summed E-state index contributed by atoms with van der Waals surface area (Å²) in [6.45, 7) is 0.573. The van der Waals surface area contributed by atoms with Crippen molar-refractivity contribution in [2.75, 3.05) is 6.54 Å². The molecule has 1 aliphatic heterocycles. The average molecular weight is 413 g/mol. The van der Waals surface area contributed by atoms with Crippen molar-refractivity contribution >= 4 is 17.5 Å². The number of benzene rings is 1. The molecule has 1 saturated heterocycles. The van der Waals surface area contributed by atoms with Gasteiger partial charge in [0, 0.05) is 30.4 Å². The van der Waals surface area contributed by atoms with Crippen LogP contribution in [0.1, 0.15) is 42.5 Å². The van der Waals surface area contributed by atoms with Crippen molar-refractivity contribution in [3.05, 3.63) is 81.6 Å². The second kappa shape index (κ2) is 8.61. The fourth-order valence-corrected chi connectivity index (χ4v) is 3.85. The second-order valence-corrected chi connectivity index (χ2v) is 7.54. The number of carbonyl (C=O) groups is 1. The van der Waals surface area contributed by atoms with Crippen molar-refractivity contribution in [2.45, 2.75) is 38.3 Å². The Balaban J connectivity index is 1.50. The number of halogens is 1.